The van der Waals surface area contributed by atoms with Crippen LogP contribution in [0.15, 0.2) is 34.8 Å². The lowest BCUT2D eigenvalue weighted by atomic mass is 10.0. The Labute approximate surface area is 127 Å². The third-order valence-corrected chi connectivity index (χ3v) is 5.69. The number of rotatable bonds is 4. The first-order chi connectivity index (χ1) is 9.26. The number of hydrogen-bond donors (Lipinski definition) is 1. The minimum atomic E-state index is 0.441. The van der Waals surface area contributed by atoms with E-state index in [2.05, 4.69) is 58.6 Å². The summed E-state index contributed by atoms with van der Waals surface area (Å²) in [7, 11) is 2.06. The highest BCUT2D eigenvalue weighted by Gasteiger charge is 2.19. The summed E-state index contributed by atoms with van der Waals surface area (Å²) >= 11 is 5.50. The van der Waals surface area contributed by atoms with Crippen molar-refractivity contribution in [1.82, 2.24) is 5.32 Å². The molecule has 19 heavy (non-hydrogen) atoms. The quantitative estimate of drug-likeness (QED) is 0.867. The van der Waals surface area contributed by atoms with Gasteiger partial charge in [0.1, 0.15) is 0 Å². The number of hydrogen-bond acceptors (Lipinski definition) is 2. The van der Waals surface area contributed by atoms with Crippen LogP contribution in [0.3, 0.4) is 0 Å². The van der Waals surface area contributed by atoms with Crippen LogP contribution in [-0.4, -0.2) is 7.05 Å². The molecule has 0 amide bonds. The molecule has 1 atom stereocenters. The van der Waals surface area contributed by atoms with Gasteiger partial charge in [0.05, 0.1) is 0 Å². The zero-order chi connectivity index (χ0) is 13.2. The Morgan fingerprint density at radius 3 is 2.74 bits per heavy atom. The third-order valence-electron chi connectivity index (χ3n) is 3.81. The lowest BCUT2D eigenvalue weighted by molar-refractivity contribution is 0.601. The van der Waals surface area contributed by atoms with Gasteiger partial charge in [0.2, 0.25) is 0 Å². The second-order valence-electron chi connectivity index (χ2n) is 5.12. The van der Waals surface area contributed by atoms with Crippen molar-refractivity contribution < 1.29 is 0 Å². The molecule has 1 heterocycles. The fraction of sp³-hybridized carbons (Fsp3) is 0.375. The molecule has 1 N–H and O–H groups in total. The number of nitrogens with one attached hydrogen (secondary N) is 1. The van der Waals surface area contributed by atoms with Gasteiger partial charge >= 0.3 is 0 Å². The van der Waals surface area contributed by atoms with Gasteiger partial charge in [-0.15, -0.1) is 11.3 Å². The zero-order valence-corrected chi connectivity index (χ0v) is 13.5. The monoisotopic (exact) mass is 335 g/mol. The van der Waals surface area contributed by atoms with E-state index in [-0.39, 0.29) is 0 Å². The highest BCUT2D eigenvalue weighted by atomic mass is 79.9. The number of thiophene rings is 1. The van der Waals surface area contributed by atoms with E-state index < -0.39 is 0 Å². The smallest absolute Gasteiger partial charge is 0.0453 e. The molecule has 0 saturated heterocycles. The maximum Gasteiger partial charge on any atom is 0.0453 e. The molecule has 1 aromatic heterocycles. The Kier molecular flexibility index (Phi) is 4.06. The van der Waals surface area contributed by atoms with Crippen LogP contribution in [0.25, 0.3) is 0 Å². The predicted octanol–water partition coefficient (Wildman–Crippen LogP) is 4.50. The molecular formula is C16H18BrNS. The lowest BCUT2D eigenvalue weighted by Gasteiger charge is -2.15. The first kappa shape index (κ1) is 13.3. The molecule has 3 heteroatoms. The molecule has 3 rings (SSSR count). The van der Waals surface area contributed by atoms with Gasteiger partial charge in [0.15, 0.2) is 0 Å². The SMILES string of the molecule is CNC(Cc1ccc(Br)cc1)c1cc2c(s1)CCC2. The number of halogens is 1. The first-order valence-corrected chi connectivity index (χ1v) is 8.40. The topological polar surface area (TPSA) is 12.0 Å². The van der Waals surface area contributed by atoms with Crippen molar-refractivity contribution in [3.8, 4) is 0 Å². The van der Waals surface area contributed by atoms with Gasteiger partial charge in [-0.3, -0.25) is 0 Å². The van der Waals surface area contributed by atoms with Crippen LogP contribution in [-0.2, 0) is 19.3 Å². The summed E-state index contributed by atoms with van der Waals surface area (Å²) in [5.41, 5.74) is 2.98. The maximum atomic E-state index is 3.49. The van der Waals surface area contributed by atoms with Crippen LogP contribution in [0.2, 0.25) is 0 Å². The van der Waals surface area contributed by atoms with Crippen molar-refractivity contribution in [2.45, 2.75) is 31.7 Å². The second kappa shape index (κ2) is 5.78. The van der Waals surface area contributed by atoms with Crippen LogP contribution in [0.5, 0.6) is 0 Å². The summed E-state index contributed by atoms with van der Waals surface area (Å²) in [6, 6.07) is 11.5. The van der Waals surface area contributed by atoms with E-state index in [1.54, 1.807) is 10.4 Å². The van der Waals surface area contributed by atoms with E-state index in [4.69, 9.17) is 0 Å². The summed E-state index contributed by atoms with van der Waals surface area (Å²) in [4.78, 5) is 3.11. The number of aryl methyl sites for hydroxylation is 2. The Balaban J connectivity index is 1.78. The lowest BCUT2D eigenvalue weighted by Crippen LogP contribution is -2.17. The maximum absolute atomic E-state index is 3.49. The van der Waals surface area contributed by atoms with Gasteiger partial charge < -0.3 is 5.32 Å². The predicted molar refractivity (Wildman–Crippen MR) is 86.0 cm³/mol. The van der Waals surface area contributed by atoms with Crippen molar-refractivity contribution in [3.63, 3.8) is 0 Å². The van der Waals surface area contributed by atoms with Crippen molar-refractivity contribution in [2.24, 2.45) is 0 Å². The Morgan fingerprint density at radius 2 is 2.05 bits per heavy atom. The van der Waals surface area contributed by atoms with Gasteiger partial charge in [0, 0.05) is 20.3 Å². The average molecular weight is 336 g/mol. The van der Waals surface area contributed by atoms with Gasteiger partial charge in [-0.2, -0.15) is 0 Å². The molecular weight excluding hydrogens is 318 g/mol. The third kappa shape index (κ3) is 2.93. The molecule has 0 spiro atoms. The minimum absolute atomic E-state index is 0.441. The molecule has 2 aromatic rings. The average Bonchev–Trinajstić information content (AvgIpc) is 2.99. The largest absolute Gasteiger partial charge is 0.312 e. The fourth-order valence-electron chi connectivity index (χ4n) is 2.72. The Morgan fingerprint density at radius 1 is 1.26 bits per heavy atom. The van der Waals surface area contributed by atoms with Crippen LogP contribution < -0.4 is 5.32 Å². The van der Waals surface area contributed by atoms with Gasteiger partial charge in [-0.1, -0.05) is 28.1 Å². The standard InChI is InChI=1S/C16H18BrNS/c1-18-14(9-11-5-7-13(17)8-6-11)16-10-12-3-2-4-15(12)19-16/h5-8,10,14,18H,2-4,9H2,1H3. The fourth-order valence-corrected chi connectivity index (χ4v) is 4.36. The second-order valence-corrected chi connectivity index (χ2v) is 7.21. The molecule has 1 unspecified atom stereocenters. The van der Waals surface area contributed by atoms with E-state index in [1.807, 2.05) is 11.3 Å². The highest BCUT2D eigenvalue weighted by Crippen LogP contribution is 2.34. The van der Waals surface area contributed by atoms with Crippen LogP contribution in [0, 0.1) is 0 Å². The van der Waals surface area contributed by atoms with Crippen LogP contribution >= 0.6 is 27.3 Å². The minimum Gasteiger partial charge on any atom is -0.312 e. The van der Waals surface area contributed by atoms with E-state index in [0.29, 0.717) is 6.04 Å². The number of likely N-dealkylation sites (N-methyl/N-ethyl adjacent to an activating group) is 1. The first-order valence-electron chi connectivity index (χ1n) is 6.79. The zero-order valence-electron chi connectivity index (χ0n) is 11.1. The molecule has 0 saturated carbocycles. The van der Waals surface area contributed by atoms with E-state index in [1.165, 1.54) is 29.7 Å². The Hall–Kier alpha value is -0.640. The summed E-state index contributed by atoms with van der Waals surface area (Å²) in [5.74, 6) is 0. The summed E-state index contributed by atoms with van der Waals surface area (Å²) < 4.78 is 1.15. The molecule has 1 nitrogen and oxygen atoms in total. The highest BCUT2D eigenvalue weighted by molar-refractivity contribution is 9.10. The summed E-state index contributed by atoms with van der Waals surface area (Å²) in [5, 5.41) is 3.47. The van der Waals surface area contributed by atoms with Crippen LogP contribution in [0.4, 0.5) is 0 Å². The van der Waals surface area contributed by atoms with Crippen molar-refractivity contribution in [2.75, 3.05) is 7.05 Å². The summed E-state index contributed by atoms with van der Waals surface area (Å²) in [6.07, 6.45) is 4.97. The van der Waals surface area contributed by atoms with Crippen molar-refractivity contribution in [3.05, 3.63) is 55.7 Å². The molecule has 0 bridgehead atoms. The van der Waals surface area contributed by atoms with E-state index in [0.717, 1.165) is 10.9 Å². The number of fused-ring (bicyclic) bond motifs is 1. The molecule has 0 aliphatic heterocycles. The normalized spacial score (nSPS) is 15.5. The molecule has 1 aliphatic carbocycles. The van der Waals surface area contributed by atoms with E-state index >= 15 is 0 Å². The van der Waals surface area contributed by atoms with Crippen molar-refractivity contribution >= 4 is 27.3 Å². The number of benzene rings is 1. The van der Waals surface area contributed by atoms with Gasteiger partial charge in [-0.05, 0) is 62.1 Å². The molecule has 0 fully saturated rings. The summed E-state index contributed by atoms with van der Waals surface area (Å²) in [6.45, 7) is 0. The molecule has 1 aliphatic rings. The molecule has 0 radical (unpaired) electrons. The van der Waals surface area contributed by atoms with Gasteiger partial charge in [0.25, 0.3) is 0 Å². The van der Waals surface area contributed by atoms with Crippen molar-refractivity contribution in [1.29, 1.82) is 0 Å². The molecule has 1 aromatic carbocycles. The Bertz CT molecular complexity index is 537. The molecule has 100 valence electrons. The van der Waals surface area contributed by atoms with Gasteiger partial charge in [-0.25, -0.2) is 0 Å². The van der Waals surface area contributed by atoms with Crippen LogP contribution in [0.1, 0.15) is 33.3 Å². The van der Waals surface area contributed by atoms with E-state index in [9.17, 15) is 0 Å².